The van der Waals surface area contributed by atoms with Gasteiger partial charge in [0.05, 0.1) is 7.11 Å². The Kier molecular flexibility index (Phi) is 4.37. The Morgan fingerprint density at radius 2 is 2.26 bits per heavy atom. The van der Waals surface area contributed by atoms with Crippen molar-refractivity contribution in [3.63, 3.8) is 0 Å². The van der Waals surface area contributed by atoms with Gasteiger partial charge in [-0.1, -0.05) is 0 Å². The van der Waals surface area contributed by atoms with Crippen LogP contribution in [0.15, 0.2) is 18.2 Å². The second kappa shape index (κ2) is 6.02. The average Bonchev–Trinajstić information content (AvgIpc) is 3.23. The molecule has 1 aliphatic carbocycles. The second-order valence-electron chi connectivity index (χ2n) is 4.72. The number of amides is 1. The molecule has 0 saturated heterocycles. The van der Waals surface area contributed by atoms with Gasteiger partial charge in [-0.2, -0.15) is 0 Å². The lowest BCUT2D eigenvalue weighted by molar-refractivity contribution is 0.0741. The van der Waals surface area contributed by atoms with Gasteiger partial charge in [0.1, 0.15) is 0 Å². The van der Waals surface area contributed by atoms with Crippen molar-refractivity contribution in [1.29, 1.82) is 0 Å². The summed E-state index contributed by atoms with van der Waals surface area (Å²) in [5, 5.41) is 0. The Morgan fingerprint density at radius 1 is 1.53 bits per heavy atom. The van der Waals surface area contributed by atoms with E-state index in [1.165, 1.54) is 19.2 Å². The zero-order valence-corrected chi connectivity index (χ0v) is 11.1. The molecule has 1 aromatic carbocycles. The van der Waals surface area contributed by atoms with Crippen LogP contribution in [0, 0.1) is 5.82 Å². The van der Waals surface area contributed by atoms with Crippen LogP contribution in [-0.2, 0) is 0 Å². The maximum absolute atomic E-state index is 13.6. The van der Waals surface area contributed by atoms with Crippen LogP contribution in [0.1, 0.15) is 29.6 Å². The van der Waals surface area contributed by atoms with Crippen LogP contribution in [0.5, 0.6) is 5.75 Å². The molecule has 0 aliphatic heterocycles. The topological polar surface area (TPSA) is 55.6 Å². The van der Waals surface area contributed by atoms with E-state index in [2.05, 4.69) is 0 Å². The molecule has 104 valence electrons. The minimum atomic E-state index is -0.511. The fourth-order valence-electron chi connectivity index (χ4n) is 2.06. The zero-order chi connectivity index (χ0) is 13.8. The van der Waals surface area contributed by atoms with E-state index >= 15 is 0 Å². The molecule has 0 unspecified atom stereocenters. The van der Waals surface area contributed by atoms with Crippen LogP contribution >= 0.6 is 0 Å². The van der Waals surface area contributed by atoms with E-state index in [9.17, 15) is 9.18 Å². The van der Waals surface area contributed by atoms with Gasteiger partial charge in [-0.15, -0.1) is 0 Å². The number of methoxy groups -OCH3 is 1. The highest BCUT2D eigenvalue weighted by molar-refractivity contribution is 5.94. The number of ether oxygens (including phenoxy) is 1. The molecule has 1 aromatic rings. The quantitative estimate of drug-likeness (QED) is 0.854. The van der Waals surface area contributed by atoms with Crippen molar-refractivity contribution in [1.82, 2.24) is 4.90 Å². The molecule has 5 heteroatoms. The molecular formula is C14H19FN2O2. The third-order valence-corrected chi connectivity index (χ3v) is 3.25. The lowest BCUT2D eigenvalue weighted by atomic mass is 10.1. The highest BCUT2D eigenvalue weighted by Gasteiger charge is 2.32. The number of carbonyl (C=O) groups excluding carboxylic acids is 1. The van der Waals surface area contributed by atoms with E-state index in [0.717, 1.165) is 19.3 Å². The number of nitrogens with two attached hydrogens (primary N) is 1. The third kappa shape index (κ3) is 3.23. The van der Waals surface area contributed by atoms with E-state index < -0.39 is 5.82 Å². The van der Waals surface area contributed by atoms with Crippen molar-refractivity contribution in [3.8, 4) is 5.75 Å². The summed E-state index contributed by atoms with van der Waals surface area (Å²) in [6.07, 6.45) is 2.81. The van der Waals surface area contributed by atoms with Gasteiger partial charge >= 0.3 is 0 Å². The number of hydrogen-bond acceptors (Lipinski definition) is 3. The van der Waals surface area contributed by atoms with E-state index in [4.69, 9.17) is 10.5 Å². The van der Waals surface area contributed by atoms with Crippen molar-refractivity contribution < 1.29 is 13.9 Å². The summed E-state index contributed by atoms with van der Waals surface area (Å²) in [6, 6.07) is 4.61. The Hall–Kier alpha value is -1.62. The zero-order valence-electron chi connectivity index (χ0n) is 11.1. The fourth-order valence-corrected chi connectivity index (χ4v) is 2.06. The van der Waals surface area contributed by atoms with E-state index in [0.29, 0.717) is 24.7 Å². The molecule has 19 heavy (non-hydrogen) atoms. The van der Waals surface area contributed by atoms with Gasteiger partial charge in [-0.3, -0.25) is 4.79 Å². The van der Waals surface area contributed by atoms with Gasteiger partial charge in [-0.25, -0.2) is 4.39 Å². The van der Waals surface area contributed by atoms with Crippen LogP contribution in [0.2, 0.25) is 0 Å². The lowest BCUT2D eigenvalue weighted by Crippen LogP contribution is -2.35. The summed E-state index contributed by atoms with van der Waals surface area (Å²) < 4.78 is 18.5. The average molecular weight is 266 g/mol. The largest absolute Gasteiger partial charge is 0.494 e. The highest BCUT2D eigenvalue weighted by Crippen LogP contribution is 2.29. The van der Waals surface area contributed by atoms with Gasteiger partial charge in [0.25, 0.3) is 5.91 Å². The molecular weight excluding hydrogens is 247 g/mol. The summed E-state index contributed by atoms with van der Waals surface area (Å²) in [5.74, 6) is -0.489. The maximum Gasteiger partial charge on any atom is 0.254 e. The lowest BCUT2D eigenvalue weighted by Gasteiger charge is -2.22. The van der Waals surface area contributed by atoms with Crippen LogP contribution in [0.4, 0.5) is 4.39 Å². The van der Waals surface area contributed by atoms with Gasteiger partial charge in [0.2, 0.25) is 0 Å². The van der Waals surface area contributed by atoms with Crippen molar-refractivity contribution >= 4 is 5.91 Å². The molecule has 4 nitrogen and oxygen atoms in total. The molecule has 1 amide bonds. The number of hydrogen-bond donors (Lipinski definition) is 1. The monoisotopic (exact) mass is 266 g/mol. The summed E-state index contributed by atoms with van der Waals surface area (Å²) in [5.41, 5.74) is 5.85. The predicted octanol–water partition coefficient (Wildman–Crippen LogP) is 1.79. The van der Waals surface area contributed by atoms with Crippen molar-refractivity contribution in [2.24, 2.45) is 5.73 Å². The summed E-state index contributed by atoms with van der Waals surface area (Å²) >= 11 is 0. The summed E-state index contributed by atoms with van der Waals surface area (Å²) in [7, 11) is 1.40. The molecule has 1 aliphatic rings. The van der Waals surface area contributed by atoms with Gasteiger partial charge in [0, 0.05) is 18.2 Å². The van der Waals surface area contributed by atoms with Crippen molar-refractivity contribution in [2.75, 3.05) is 20.2 Å². The maximum atomic E-state index is 13.6. The first-order valence-electron chi connectivity index (χ1n) is 6.52. The first-order valence-corrected chi connectivity index (χ1v) is 6.52. The molecule has 0 heterocycles. The SMILES string of the molecule is COc1ccc(C(=O)N(CCCN)C2CC2)cc1F. The van der Waals surface area contributed by atoms with E-state index in [-0.39, 0.29) is 11.7 Å². The van der Waals surface area contributed by atoms with E-state index in [1.807, 2.05) is 0 Å². The molecule has 0 spiro atoms. The van der Waals surface area contributed by atoms with Crippen LogP contribution in [-0.4, -0.2) is 37.0 Å². The number of rotatable bonds is 6. The molecule has 2 N–H and O–H groups in total. The molecule has 1 fully saturated rings. The third-order valence-electron chi connectivity index (χ3n) is 3.25. The Bertz CT molecular complexity index is 461. The standard InChI is InChI=1S/C14H19FN2O2/c1-19-13-6-3-10(9-12(13)15)14(18)17(8-2-7-16)11-4-5-11/h3,6,9,11H,2,4-5,7-8,16H2,1H3. The summed E-state index contributed by atoms with van der Waals surface area (Å²) in [6.45, 7) is 1.18. The van der Waals surface area contributed by atoms with E-state index in [1.54, 1.807) is 11.0 Å². The van der Waals surface area contributed by atoms with Gasteiger partial charge in [0.15, 0.2) is 11.6 Å². The minimum absolute atomic E-state index is 0.127. The smallest absolute Gasteiger partial charge is 0.254 e. The normalized spacial score (nSPS) is 14.3. The van der Waals surface area contributed by atoms with Gasteiger partial charge in [-0.05, 0) is 44.0 Å². The van der Waals surface area contributed by atoms with Crippen LogP contribution in [0.3, 0.4) is 0 Å². The second-order valence-corrected chi connectivity index (χ2v) is 4.72. The molecule has 0 radical (unpaired) electrons. The van der Waals surface area contributed by atoms with Crippen molar-refractivity contribution in [3.05, 3.63) is 29.6 Å². The fraction of sp³-hybridized carbons (Fsp3) is 0.500. The first-order chi connectivity index (χ1) is 9.17. The minimum Gasteiger partial charge on any atom is -0.494 e. The number of halogens is 1. The number of carbonyl (C=O) groups is 1. The first kappa shape index (κ1) is 13.8. The van der Waals surface area contributed by atoms with Gasteiger partial charge < -0.3 is 15.4 Å². The Morgan fingerprint density at radius 3 is 2.79 bits per heavy atom. The highest BCUT2D eigenvalue weighted by atomic mass is 19.1. The number of benzene rings is 1. The number of nitrogens with zero attached hydrogens (tertiary/aromatic N) is 1. The Labute approximate surface area is 112 Å². The van der Waals surface area contributed by atoms with Crippen LogP contribution < -0.4 is 10.5 Å². The molecule has 2 rings (SSSR count). The van der Waals surface area contributed by atoms with Crippen LogP contribution in [0.25, 0.3) is 0 Å². The molecule has 1 saturated carbocycles. The predicted molar refractivity (Wildman–Crippen MR) is 70.7 cm³/mol. The molecule has 0 atom stereocenters. The molecule has 0 aromatic heterocycles. The Balaban J connectivity index is 2.14. The summed E-state index contributed by atoms with van der Waals surface area (Å²) in [4.78, 5) is 14.2. The van der Waals surface area contributed by atoms with Crippen molar-refractivity contribution in [2.45, 2.75) is 25.3 Å². The molecule has 0 bridgehead atoms.